The van der Waals surface area contributed by atoms with Gasteiger partial charge in [-0.2, -0.15) is 0 Å². The van der Waals surface area contributed by atoms with Crippen LogP contribution in [0.25, 0.3) is 0 Å². The van der Waals surface area contributed by atoms with Gasteiger partial charge in [-0.25, -0.2) is 0 Å². The Hall–Kier alpha value is -4.19. The fourth-order valence-electron chi connectivity index (χ4n) is 6.28. The normalized spacial score (nSPS) is 13.1. The Morgan fingerprint density at radius 2 is 0.651 bits per heavy atom. The standard InChI is InChI=1S/C57H90O6/c1-4-7-10-13-15-17-19-21-22-23-24-25-26-27-28-29-30-31-32-33-34-36-37-39-41-44-47-50-56(59)62-53-54(52-61-55(58)49-46-43-12-9-6-3)63-57(60)51-48-45-42-40-38-35-20-18-16-14-11-8-5-2/h7-8,10-11,15-18,21-22,24-25,27-28,30-31,35,38,42,45,54H,4-6,9,12-14,19-20,23,26,29,32-34,36-37,39-41,43-44,46-53H2,1-3H3/b10-7-,11-8-,17-15-,18-16-,22-21-,25-24-,28-27-,31-30-,38-35-,45-42-. The van der Waals surface area contributed by atoms with Crippen LogP contribution < -0.4 is 0 Å². The number of unbranched alkanes of at least 4 members (excludes halogenated alkanes) is 12. The smallest absolute Gasteiger partial charge is 0.306 e. The van der Waals surface area contributed by atoms with E-state index in [2.05, 4.69) is 130 Å². The Labute approximate surface area is 386 Å². The third kappa shape index (κ3) is 48.7. The van der Waals surface area contributed by atoms with Crippen molar-refractivity contribution in [2.24, 2.45) is 0 Å². The van der Waals surface area contributed by atoms with Crippen LogP contribution in [0.5, 0.6) is 0 Å². The Balaban J connectivity index is 4.20. The Morgan fingerprint density at radius 1 is 0.333 bits per heavy atom. The molecule has 0 fully saturated rings. The zero-order valence-corrected chi connectivity index (χ0v) is 40.3. The minimum atomic E-state index is -0.817. The molecular formula is C57H90O6. The van der Waals surface area contributed by atoms with Gasteiger partial charge in [0.1, 0.15) is 13.2 Å². The lowest BCUT2D eigenvalue weighted by Crippen LogP contribution is -2.30. The van der Waals surface area contributed by atoms with Gasteiger partial charge >= 0.3 is 17.9 Å². The van der Waals surface area contributed by atoms with Crippen molar-refractivity contribution in [3.63, 3.8) is 0 Å². The molecule has 0 aliphatic heterocycles. The van der Waals surface area contributed by atoms with Gasteiger partial charge in [-0.05, 0) is 96.3 Å². The van der Waals surface area contributed by atoms with E-state index in [1.807, 2.05) is 12.2 Å². The van der Waals surface area contributed by atoms with Crippen LogP contribution in [0.15, 0.2) is 122 Å². The van der Waals surface area contributed by atoms with Crippen molar-refractivity contribution in [2.45, 2.75) is 207 Å². The van der Waals surface area contributed by atoms with Gasteiger partial charge in [-0.3, -0.25) is 14.4 Å². The molecule has 0 radical (unpaired) electrons. The molecule has 0 rings (SSSR count). The summed E-state index contributed by atoms with van der Waals surface area (Å²) in [4.78, 5) is 37.5. The molecule has 0 aromatic carbocycles. The van der Waals surface area contributed by atoms with Crippen molar-refractivity contribution in [3.05, 3.63) is 122 Å². The molecule has 0 saturated heterocycles. The first kappa shape index (κ1) is 58.8. The van der Waals surface area contributed by atoms with Crippen molar-refractivity contribution < 1.29 is 28.6 Å². The average Bonchev–Trinajstić information content (AvgIpc) is 3.28. The fourth-order valence-corrected chi connectivity index (χ4v) is 6.28. The minimum absolute atomic E-state index is 0.113. The monoisotopic (exact) mass is 871 g/mol. The Morgan fingerprint density at radius 3 is 1.03 bits per heavy atom. The molecule has 0 amide bonds. The highest BCUT2D eigenvalue weighted by Crippen LogP contribution is 2.13. The van der Waals surface area contributed by atoms with Crippen LogP contribution in [-0.2, 0) is 28.6 Å². The molecule has 6 nitrogen and oxygen atoms in total. The maximum Gasteiger partial charge on any atom is 0.306 e. The predicted octanol–water partition coefficient (Wildman–Crippen LogP) is 16.5. The summed E-state index contributed by atoms with van der Waals surface area (Å²) in [5.41, 5.74) is 0. The van der Waals surface area contributed by atoms with Gasteiger partial charge in [0.2, 0.25) is 0 Å². The van der Waals surface area contributed by atoms with Crippen molar-refractivity contribution >= 4 is 17.9 Å². The van der Waals surface area contributed by atoms with Crippen LogP contribution in [0.3, 0.4) is 0 Å². The molecule has 63 heavy (non-hydrogen) atoms. The number of carbonyl (C=O) groups excluding carboxylic acids is 3. The van der Waals surface area contributed by atoms with Crippen molar-refractivity contribution in [2.75, 3.05) is 13.2 Å². The molecule has 0 bridgehead atoms. The molecule has 0 aromatic rings. The molecule has 0 saturated carbocycles. The molecule has 1 atom stereocenters. The zero-order chi connectivity index (χ0) is 45.8. The van der Waals surface area contributed by atoms with Gasteiger partial charge in [-0.1, -0.05) is 206 Å². The summed E-state index contributed by atoms with van der Waals surface area (Å²) < 4.78 is 16.5. The second-order valence-electron chi connectivity index (χ2n) is 16.0. The van der Waals surface area contributed by atoms with Crippen LogP contribution in [0.4, 0.5) is 0 Å². The Kier molecular flexibility index (Phi) is 47.1. The SMILES string of the molecule is CC/C=C\C/C=C\C/C=C\C/C=C\C/C=C\C/C=C\CCCCCCCCCCC(=O)OCC(COC(=O)CCCCCCC)OC(=O)CC/C=C\C/C=C\C/C=C\C/C=C\CC. The van der Waals surface area contributed by atoms with Gasteiger partial charge in [0, 0.05) is 19.3 Å². The van der Waals surface area contributed by atoms with E-state index in [1.165, 1.54) is 32.1 Å². The van der Waals surface area contributed by atoms with E-state index in [1.54, 1.807) is 0 Å². The van der Waals surface area contributed by atoms with Crippen molar-refractivity contribution in [3.8, 4) is 0 Å². The quantitative estimate of drug-likeness (QED) is 0.0263. The number of rotatable bonds is 43. The van der Waals surface area contributed by atoms with Gasteiger partial charge in [-0.15, -0.1) is 0 Å². The third-order valence-electron chi connectivity index (χ3n) is 9.98. The molecule has 0 N–H and O–H groups in total. The predicted molar refractivity (Wildman–Crippen MR) is 269 cm³/mol. The second kappa shape index (κ2) is 50.5. The van der Waals surface area contributed by atoms with E-state index >= 15 is 0 Å². The van der Waals surface area contributed by atoms with Crippen LogP contribution in [0.2, 0.25) is 0 Å². The van der Waals surface area contributed by atoms with E-state index in [4.69, 9.17) is 14.2 Å². The van der Waals surface area contributed by atoms with E-state index in [0.29, 0.717) is 19.3 Å². The lowest BCUT2D eigenvalue weighted by atomic mass is 10.1. The fraction of sp³-hybridized carbons (Fsp3) is 0.596. The van der Waals surface area contributed by atoms with Crippen LogP contribution in [-0.4, -0.2) is 37.2 Å². The summed E-state index contributed by atoms with van der Waals surface area (Å²) in [5, 5.41) is 0. The number of ether oxygens (including phenoxy) is 3. The third-order valence-corrected chi connectivity index (χ3v) is 9.98. The van der Waals surface area contributed by atoms with Crippen LogP contribution in [0.1, 0.15) is 201 Å². The van der Waals surface area contributed by atoms with Crippen LogP contribution in [0, 0.1) is 0 Å². The first-order chi connectivity index (χ1) is 31.0. The first-order valence-electron chi connectivity index (χ1n) is 25.0. The lowest BCUT2D eigenvalue weighted by Gasteiger charge is -2.18. The molecule has 0 heterocycles. The summed E-state index contributed by atoms with van der Waals surface area (Å²) in [6, 6.07) is 0. The van der Waals surface area contributed by atoms with Crippen molar-refractivity contribution in [1.29, 1.82) is 0 Å². The summed E-state index contributed by atoms with van der Waals surface area (Å²) >= 11 is 0. The number of carbonyl (C=O) groups is 3. The summed E-state index contributed by atoms with van der Waals surface area (Å²) in [6.07, 6.45) is 69.6. The Bertz CT molecular complexity index is 1370. The maximum absolute atomic E-state index is 12.6. The molecule has 1 unspecified atom stereocenters. The van der Waals surface area contributed by atoms with Crippen molar-refractivity contribution in [1.82, 2.24) is 0 Å². The molecule has 0 aliphatic rings. The largest absolute Gasteiger partial charge is 0.462 e. The summed E-state index contributed by atoms with van der Waals surface area (Å²) in [7, 11) is 0. The topological polar surface area (TPSA) is 78.9 Å². The highest BCUT2D eigenvalue weighted by molar-refractivity contribution is 5.71. The van der Waals surface area contributed by atoms with E-state index in [9.17, 15) is 14.4 Å². The highest BCUT2D eigenvalue weighted by Gasteiger charge is 2.19. The molecule has 0 aromatic heterocycles. The first-order valence-corrected chi connectivity index (χ1v) is 25.0. The van der Waals surface area contributed by atoms with Crippen LogP contribution >= 0.6 is 0 Å². The van der Waals surface area contributed by atoms with E-state index in [-0.39, 0.29) is 31.6 Å². The maximum atomic E-state index is 12.6. The van der Waals surface area contributed by atoms with Gasteiger partial charge < -0.3 is 14.2 Å². The molecule has 0 spiro atoms. The zero-order valence-electron chi connectivity index (χ0n) is 40.3. The minimum Gasteiger partial charge on any atom is -0.462 e. The van der Waals surface area contributed by atoms with Gasteiger partial charge in [0.15, 0.2) is 6.10 Å². The average molecular weight is 871 g/mol. The number of hydrogen-bond acceptors (Lipinski definition) is 6. The summed E-state index contributed by atoms with van der Waals surface area (Å²) in [5.74, 6) is -1.03. The lowest BCUT2D eigenvalue weighted by molar-refractivity contribution is -0.166. The highest BCUT2D eigenvalue weighted by atomic mass is 16.6. The van der Waals surface area contributed by atoms with E-state index in [0.717, 1.165) is 122 Å². The number of hydrogen-bond donors (Lipinski definition) is 0. The molecule has 6 heteroatoms. The number of esters is 3. The van der Waals surface area contributed by atoms with Gasteiger partial charge in [0.25, 0.3) is 0 Å². The summed E-state index contributed by atoms with van der Waals surface area (Å²) in [6.45, 7) is 6.22. The molecule has 0 aliphatic carbocycles. The van der Waals surface area contributed by atoms with Gasteiger partial charge in [0.05, 0.1) is 0 Å². The molecule has 354 valence electrons. The number of allylic oxidation sites excluding steroid dienone is 20. The molecular weight excluding hydrogens is 781 g/mol. The van der Waals surface area contributed by atoms with E-state index < -0.39 is 12.1 Å². The second-order valence-corrected chi connectivity index (χ2v) is 16.0.